The van der Waals surface area contributed by atoms with Gasteiger partial charge in [-0.2, -0.15) is 0 Å². The Morgan fingerprint density at radius 3 is 2.40 bits per heavy atom. The number of nitrogens with one attached hydrogen (secondary N) is 1. The number of halogens is 1. The number of rotatable bonds is 3. The molecule has 1 heterocycles. The zero-order chi connectivity index (χ0) is 21.4. The Morgan fingerprint density at radius 2 is 1.67 bits per heavy atom. The molecular weight excluding hydrogens is 392 g/mol. The summed E-state index contributed by atoms with van der Waals surface area (Å²) in [6.45, 7) is 8.02. The molecule has 3 nitrogen and oxygen atoms in total. The van der Waals surface area contributed by atoms with Gasteiger partial charge in [-0.1, -0.05) is 47.5 Å². The number of hydrogen-bond acceptors (Lipinski definition) is 2. The van der Waals surface area contributed by atoms with Crippen LogP contribution in [0.1, 0.15) is 32.6 Å². The van der Waals surface area contributed by atoms with Gasteiger partial charge in [-0.15, -0.1) is 0 Å². The molecule has 0 aliphatic carbocycles. The molecule has 4 heteroatoms. The maximum absolute atomic E-state index is 13.5. The molecule has 0 spiro atoms. The zero-order valence-corrected chi connectivity index (χ0v) is 18.3. The third-order valence-electron chi connectivity index (χ3n) is 5.27. The van der Waals surface area contributed by atoms with Crippen LogP contribution in [-0.4, -0.2) is 10.9 Å². The van der Waals surface area contributed by atoms with Crippen molar-refractivity contribution in [3.05, 3.63) is 93.5 Å². The quantitative estimate of drug-likeness (QED) is 0.390. The standard InChI is InChI=1S/C26H23ClN2O/c1-15-7-5-10-21(12-15)28-26(30)23-18(4)25(19-8-6-9-20(27)14-19)29-24-17(3)11-16(2)13-22(23)24/h5-14H,1-4H3,(H,28,30). The fourth-order valence-electron chi connectivity index (χ4n) is 3.94. The number of carbonyl (C=O) groups is 1. The van der Waals surface area contributed by atoms with Crippen molar-refractivity contribution >= 4 is 34.1 Å². The van der Waals surface area contributed by atoms with Crippen molar-refractivity contribution in [1.29, 1.82) is 0 Å². The summed E-state index contributed by atoms with van der Waals surface area (Å²) in [7, 11) is 0. The first kappa shape index (κ1) is 20.1. The molecule has 1 N–H and O–H groups in total. The highest BCUT2D eigenvalue weighted by molar-refractivity contribution is 6.30. The minimum absolute atomic E-state index is 0.140. The van der Waals surface area contributed by atoms with E-state index in [1.165, 1.54) is 0 Å². The number of hydrogen-bond donors (Lipinski definition) is 1. The minimum atomic E-state index is -0.140. The highest BCUT2D eigenvalue weighted by Crippen LogP contribution is 2.33. The number of carbonyl (C=O) groups excluding carboxylic acids is 1. The second-order valence-corrected chi connectivity index (χ2v) is 8.21. The largest absolute Gasteiger partial charge is 0.322 e. The van der Waals surface area contributed by atoms with Crippen LogP contribution in [0.5, 0.6) is 0 Å². The van der Waals surface area contributed by atoms with Gasteiger partial charge in [-0.05, 0) is 74.7 Å². The van der Waals surface area contributed by atoms with E-state index in [2.05, 4.69) is 11.4 Å². The lowest BCUT2D eigenvalue weighted by atomic mass is 9.94. The summed E-state index contributed by atoms with van der Waals surface area (Å²) in [4.78, 5) is 18.4. The van der Waals surface area contributed by atoms with Crippen molar-refractivity contribution < 1.29 is 4.79 Å². The van der Waals surface area contributed by atoms with E-state index in [0.717, 1.165) is 50.1 Å². The van der Waals surface area contributed by atoms with Gasteiger partial charge in [0.1, 0.15) is 0 Å². The fraction of sp³-hybridized carbons (Fsp3) is 0.154. The molecule has 0 bridgehead atoms. The van der Waals surface area contributed by atoms with Crippen molar-refractivity contribution in [3.8, 4) is 11.3 Å². The average Bonchev–Trinajstić information content (AvgIpc) is 2.67. The van der Waals surface area contributed by atoms with E-state index in [4.69, 9.17) is 16.6 Å². The van der Waals surface area contributed by atoms with E-state index in [1.807, 2.05) is 82.3 Å². The summed E-state index contributed by atoms with van der Waals surface area (Å²) in [5, 5.41) is 4.57. The third-order valence-corrected chi connectivity index (χ3v) is 5.50. The van der Waals surface area contributed by atoms with Gasteiger partial charge >= 0.3 is 0 Å². The zero-order valence-electron chi connectivity index (χ0n) is 17.5. The van der Waals surface area contributed by atoms with Gasteiger partial charge in [0, 0.05) is 21.7 Å². The third kappa shape index (κ3) is 3.81. The number of pyridine rings is 1. The van der Waals surface area contributed by atoms with Crippen LogP contribution in [0.15, 0.2) is 60.7 Å². The molecule has 1 aromatic heterocycles. The Morgan fingerprint density at radius 1 is 0.900 bits per heavy atom. The topological polar surface area (TPSA) is 42.0 Å². The van der Waals surface area contributed by atoms with Crippen molar-refractivity contribution in [2.24, 2.45) is 0 Å². The van der Waals surface area contributed by atoms with Crippen molar-refractivity contribution in [2.75, 3.05) is 5.32 Å². The number of aromatic nitrogens is 1. The molecule has 3 aromatic carbocycles. The second-order valence-electron chi connectivity index (χ2n) is 7.77. The van der Waals surface area contributed by atoms with Crippen LogP contribution in [0.4, 0.5) is 5.69 Å². The summed E-state index contributed by atoms with van der Waals surface area (Å²) in [6.07, 6.45) is 0. The van der Waals surface area contributed by atoms with Gasteiger partial charge in [0.25, 0.3) is 5.91 Å². The SMILES string of the molecule is Cc1cccc(NC(=O)c2c(C)c(-c3cccc(Cl)c3)nc3c(C)cc(C)cc23)c1. The molecule has 0 unspecified atom stereocenters. The van der Waals surface area contributed by atoms with Crippen LogP contribution in [0.3, 0.4) is 0 Å². The van der Waals surface area contributed by atoms with Crippen LogP contribution in [0, 0.1) is 27.7 Å². The first-order valence-corrected chi connectivity index (χ1v) is 10.3. The lowest BCUT2D eigenvalue weighted by Crippen LogP contribution is -2.15. The summed E-state index contributed by atoms with van der Waals surface area (Å²) in [5.74, 6) is -0.140. The van der Waals surface area contributed by atoms with E-state index < -0.39 is 0 Å². The first-order chi connectivity index (χ1) is 14.3. The normalized spacial score (nSPS) is 11.0. The van der Waals surface area contributed by atoms with Crippen LogP contribution in [0.25, 0.3) is 22.2 Å². The molecule has 30 heavy (non-hydrogen) atoms. The smallest absolute Gasteiger partial charge is 0.256 e. The molecular formula is C26H23ClN2O. The van der Waals surface area contributed by atoms with E-state index in [1.54, 1.807) is 0 Å². The van der Waals surface area contributed by atoms with Crippen LogP contribution < -0.4 is 5.32 Å². The van der Waals surface area contributed by atoms with E-state index in [0.29, 0.717) is 10.6 Å². The monoisotopic (exact) mass is 414 g/mol. The molecule has 0 saturated heterocycles. The van der Waals surface area contributed by atoms with Gasteiger partial charge in [0.05, 0.1) is 16.8 Å². The van der Waals surface area contributed by atoms with Crippen molar-refractivity contribution in [2.45, 2.75) is 27.7 Å². The Hall–Kier alpha value is -3.17. The Labute approximate surface area is 181 Å². The van der Waals surface area contributed by atoms with Gasteiger partial charge < -0.3 is 5.32 Å². The second kappa shape index (κ2) is 7.92. The van der Waals surface area contributed by atoms with Crippen molar-refractivity contribution in [1.82, 2.24) is 4.98 Å². The molecule has 0 aliphatic rings. The molecule has 4 rings (SSSR count). The number of amides is 1. The lowest BCUT2D eigenvalue weighted by Gasteiger charge is -2.17. The summed E-state index contributed by atoms with van der Waals surface area (Å²) >= 11 is 6.23. The minimum Gasteiger partial charge on any atom is -0.322 e. The van der Waals surface area contributed by atoms with E-state index in [9.17, 15) is 4.79 Å². The van der Waals surface area contributed by atoms with Gasteiger partial charge in [0.2, 0.25) is 0 Å². The van der Waals surface area contributed by atoms with Gasteiger partial charge in [0.15, 0.2) is 0 Å². The van der Waals surface area contributed by atoms with E-state index in [-0.39, 0.29) is 5.91 Å². The Bertz CT molecular complexity index is 1290. The maximum Gasteiger partial charge on any atom is 0.256 e. The van der Waals surface area contributed by atoms with Crippen LogP contribution in [0.2, 0.25) is 5.02 Å². The molecule has 0 radical (unpaired) electrons. The number of benzene rings is 3. The molecule has 1 amide bonds. The lowest BCUT2D eigenvalue weighted by molar-refractivity contribution is 0.102. The maximum atomic E-state index is 13.5. The molecule has 0 fully saturated rings. The number of anilines is 1. The number of aryl methyl sites for hydroxylation is 3. The highest BCUT2D eigenvalue weighted by Gasteiger charge is 2.20. The molecule has 0 atom stereocenters. The first-order valence-electron chi connectivity index (χ1n) is 9.89. The predicted octanol–water partition coefficient (Wildman–Crippen LogP) is 7.04. The summed E-state index contributed by atoms with van der Waals surface area (Å²) in [6, 6.07) is 19.5. The van der Waals surface area contributed by atoms with Crippen LogP contribution in [-0.2, 0) is 0 Å². The van der Waals surface area contributed by atoms with Crippen molar-refractivity contribution in [3.63, 3.8) is 0 Å². The Kier molecular flexibility index (Phi) is 5.31. The molecule has 4 aromatic rings. The van der Waals surface area contributed by atoms with E-state index >= 15 is 0 Å². The van der Waals surface area contributed by atoms with Crippen LogP contribution >= 0.6 is 11.6 Å². The number of nitrogens with zero attached hydrogens (tertiary/aromatic N) is 1. The summed E-state index contributed by atoms with van der Waals surface area (Å²) < 4.78 is 0. The van der Waals surface area contributed by atoms with Gasteiger partial charge in [-0.25, -0.2) is 4.98 Å². The molecule has 0 saturated carbocycles. The molecule has 150 valence electrons. The highest BCUT2D eigenvalue weighted by atomic mass is 35.5. The number of fused-ring (bicyclic) bond motifs is 1. The summed E-state index contributed by atoms with van der Waals surface area (Å²) in [5.41, 5.74) is 7.98. The molecule has 0 aliphatic heterocycles. The fourth-order valence-corrected chi connectivity index (χ4v) is 4.13. The Balaban J connectivity index is 1.96. The van der Waals surface area contributed by atoms with Gasteiger partial charge in [-0.3, -0.25) is 4.79 Å². The average molecular weight is 415 g/mol. The predicted molar refractivity (Wildman–Crippen MR) is 126 cm³/mol.